The molecule has 0 atom stereocenters. The number of hydrogen-bond acceptors (Lipinski definition) is 3. The number of amides is 1. The fourth-order valence-corrected chi connectivity index (χ4v) is 5.48. The molecule has 148 valence electrons. The number of ether oxygens (including phenoxy) is 1. The molecule has 0 bridgehead atoms. The highest BCUT2D eigenvalue weighted by molar-refractivity contribution is 5.81. The maximum atomic E-state index is 12.5. The molecule has 4 rings (SSSR count). The number of rotatable bonds is 4. The van der Waals surface area contributed by atoms with Crippen LogP contribution in [-0.2, 0) is 11.2 Å². The van der Waals surface area contributed by atoms with Crippen LogP contribution in [0.4, 0.5) is 0 Å². The molecular formula is C23H33NO3. The third kappa shape index (κ3) is 3.61. The fraction of sp³-hybridized carbons (Fsp3) is 0.696. The van der Waals surface area contributed by atoms with Crippen LogP contribution in [0.25, 0.3) is 0 Å². The summed E-state index contributed by atoms with van der Waals surface area (Å²) in [6.45, 7) is 5.87. The zero-order valence-electron chi connectivity index (χ0n) is 17.0. The number of carbonyl (C=O) groups excluding carboxylic acids is 1. The van der Waals surface area contributed by atoms with Crippen LogP contribution in [0.5, 0.6) is 5.75 Å². The third-order valence-electron chi connectivity index (χ3n) is 7.24. The molecule has 3 aliphatic rings. The number of aryl methyl sites for hydroxylation is 1. The van der Waals surface area contributed by atoms with Gasteiger partial charge in [-0.05, 0) is 81.0 Å². The molecule has 1 N–H and O–H groups in total. The maximum absolute atomic E-state index is 12.5. The summed E-state index contributed by atoms with van der Waals surface area (Å²) in [6, 6.07) is 6.70. The van der Waals surface area contributed by atoms with Crippen LogP contribution in [0, 0.1) is 11.3 Å². The smallest absolute Gasteiger partial charge is 0.225 e. The minimum absolute atomic E-state index is 0.0536. The van der Waals surface area contributed by atoms with Gasteiger partial charge in [-0.15, -0.1) is 0 Å². The Morgan fingerprint density at radius 1 is 1.22 bits per heavy atom. The topological polar surface area (TPSA) is 49.8 Å². The maximum Gasteiger partial charge on any atom is 0.225 e. The van der Waals surface area contributed by atoms with Gasteiger partial charge in [0.15, 0.2) is 0 Å². The molecule has 1 spiro atoms. The Morgan fingerprint density at radius 2 is 1.89 bits per heavy atom. The van der Waals surface area contributed by atoms with Crippen LogP contribution in [0.3, 0.4) is 0 Å². The summed E-state index contributed by atoms with van der Waals surface area (Å²) in [5, 5.41) is 9.88. The highest BCUT2D eigenvalue weighted by atomic mass is 16.5. The molecule has 4 heteroatoms. The first-order valence-electron chi connectivity index (χ1n) is 10.5. The molecular weight excluding hydrogens is 338 g/mol. The van der Waals surface area contributed by atoms with Crippen LogP contribution < -0.4 is 4.74 Å². The van der Waals surface area contributed by atoms with Gasteiger partial charge in [-0.2, -0.15) is 0 Å². The zero-order chi connectivity index (χ0) is 19.2. The molecule has 0 aromatic heterocycles. The van der Waals surface area contributed by atoms with Crippen molar-refractivity contribution < 1.29 is 14.6 Å². The summed E-state index contributed by atoms with van der Waals surface area (Å²) < 4.78 is 5.49. The van der Waals surface area contributed by atoms with Gasteiger partial charge in [-0.1, -0.05) is 13.0 Å². The lowest BCUT2D eigenvalue weighted by Gasteiger charge is -2.55. The second-order valence-electron chi connectivity index (χ2n) is 9.54. The van der Waals surface area contributed by atoms with Crippen LogP contribution >= 0.6 is 0 Å². The Hall–Kier alpha value is -1.55. The number of benzene rings is 1. The molecule has 1 aliphatic heterocycles. The number of carbonyl (C=O) groups is 1. The van der Waals surface area contributed by atoms with E-state index < -0.39 is 5.60 Å². The molecule has 1 saturated heterocycles. The minimum Gasteiger partial charge on any atom is -0.497 e. The number of methoxy groups -OCH3 is 1. The van der Waals surface area contributed by atoms with E-state index in [1.165, 1.54) is 36.8 Å². The van der Waals surface area contributed by atoms with Gasteiger partial charge in [0.05, 0.1) is 12.7 Å². The minimum atomic E-state index is -0.616. The SMILES string of the molecule is CCc1cc(OC)cc(C2CCC3(CC2)CN(C(=O)C2CC(C)(O)C2)C3)c1. The molecule has 0 radical (unpaired) electrons. The largest absolute Gasteiger partial charge is 0.497 e. The molecule has 2 saturated carbocycles. The number of hydrogen-bond donors (Lipinski definition) is 1. The molecule has 1 aromatic rings. The lowest BCUT2D eigenvalue weighted by atomic mass is 9.63. The van der Waals surface area contributed by atoms with Crippen molar-refractivity contribution in [2.75, 3.05) is 20.2 Å². The Morgan fingerprint density at radius 3 is 2.44 bits per heavy atom. The van der Waals surface area contributed by atoms with Gasteiger partial charge < -0.3 is 14.7 Å². The van der Waals surface area contributed by atoms with Crippen molar-refractivity contribution in [2.24, 2.45) is 11.3 Å². The van der Waals surface area contributed by atoms with E-state index >= 15 is 0 Å². The Bertz CT molecular complexity index is 680. The van der Waals surface area contributed by atoms with E-state index in [0.717, 1.165) is 25.3 Å². The highest BCUT2D eigenvalue weighted by Crippen LogP contribution is 2.50. The summed E-state index contributed by atoms with van der Waals surface area (Å²) in [4.78, 5) is 14.6. The number of likely N-dealkylation sites (tertiary alicyclic amines) is 1. The van der Waals surface area contributed by atoms with Crippen molar-refractivity contribution in [3.63, 3.8) is 0 Å². The van der Waals surface area contributed by atoms with Crippen molar-refractivity contribution in [1.82, 2.24) is 4.90 Å². The van der Waals surface area contributed by atoms with Crippen molar-refractivity contribution in [3.05, 3.63) is 29.3 Å². The van der Waals surface area contributed by atoms with Gasteiger partial charge in [0.1, 0.15) is 5.75 Å². The first kappa shape index (κ1) is 18.8. The first-order valence-corrected chi connectivity index (χ1v) is 10.5. The van der Waals surface area contributed by atoms with E-state index in [1.54, 1.807) is 7.11 Å². The Balaban J connectivity index is 1.32. The van der Waals surface area contributed by atoms with E-state index in [9.17, 15) is 9.90 Å². The number of aliphatic hydroxyl groups is 1. The first-order chi connectivity index (χ1) is 12.8. The molecule has 3 fully saturated rings. The fourth-order valence-electron chi connectivity index (χ4n) is 5.48. The lowest BCUT2D eigenvalue weighted by molar-refractivity contribution is -0.163. The summed E-state index contributed by atoms with van der Waals surface area (Å²) in [5.41, 5.74) is 2.51. The van der Waals surface area contributed by atoms with Gasteiger partial charge in [-0.25, -0.2) is 0 Å². The molecule has 1 aromatic carbocycles. The molecule has 1 amide bonds. The van der Waals surface area contributed by atoms with Gasteiger partial charge in [0.2, 0.25) is 5.91 Å². The van der Waals surface area contributed by atoms with Crippen molar-refractivity contribution in [2.45, 2.75) is 70.3 Å². The Kier molecular flexibility index (Phi) is 4.74. The standard InChI is InChI=1S/C23H33NO3/c1-4-16-9-18(11-20(10-16)27-3)17-5-7-23(8-6-17)14-24(15-23)21(25)19-12-22(2,26)13-19/h9-11,17,19,26H,4-8,12-15H2,1-3H3. The van der Waals surface area contributed by atoms with E-state index in [0.29, 0.717) is 24.2 Å². The third-order valence-corrected chi connectivity index (χ3v) is 7.24. The summed E-state index contributed by atoms with van der Waals surface area (Å²) >= 11 is 0. The molecule has 27 heavy (non-hydrogen) atoms. The van der Waals surface area contributed by atoms with Gasteiger partial charge in [-0.3, -0.25) is 4.79 Å². The predicted molar refractivity (Wildman–Crippen MR) is 106 cm³/mol. The monoisotopic (exact) mass is 371 g/mol. The van der Waals surface area contributed by atoms with Crippen molar-refractivity contribution in [3.8, 4) is 5.75 Å². The van der Waals surface area contributed by atoms with E-state index in [2.05, 4.69) is 25.1 Å². The summed E-state index contributed by atoms with van der Waals surface area (Å²) in [5.74, 6) is 1.91. The molecule has 1 heterocycles. The van der Waals surface area contributed by atoms with Crippen molar-refractivity contribution >= 4 is 5.91 Å². The number of nitrogens with zero attached hydrogens (tertiary/aromatic N) is 1. The Labute approximate surface area is 162 Å². The molecule has 2 aliphatic carbocycles. The van der Waals surface area contributed by atoms with Gasteiger partial charge in [0.25, 0.3) is 0 Å². The second-order valence-corrected chi connectivity index (χ2v) is 9.54. The lowest BCUT2D eigenvalue weighted by Crippen LogP contribution is -2.62. The van der Waals surface area contributed by atoms with E-state index in [-0.39, 0.29) is 11.8 Å². The molecule has 4 nitrogen and oxygen atoms in total. The summed E-state index contributed by atoms with van der Waals surface area (Å²) in [7, 11) is 1.75. The van der Waals surface area contributed by atoms with Crippen LogP contribution in [0.2, 0.25) is 0 Å². The second kappa shape index (κ2) is 6.80. The summed E-state index contributed by atoms with van der Waals surface area (Å²) in [6.07, 6.45) is 7.13. The van der Waals surface area contributed by atoms with Crippen LogP contribution in [0.1, 0.15) is 69.4 Å². The van der Waals surface area contributed by atoms with E-state index in [1.807, 2.05) is 11.8 Å². The normalized spacial score (nSPS) is 29.9. The van der Waals surface area contributed by atoms with Crippen LogP contribution in [0.15, 0.2) is 18.2 Å². The van der Waals surface area contributed by atoms with Crippen LogP contribution in [-0.4, -0.2) is 41.7 Å². The zero-order valence-corrected chi connectivity index (χ0v) is 17.0. The average molecular weight is 372 g/mol. The van der Waals surface area contributed by atoms with Gasteiger partial charge in [0, 0.05) is 24.4 Å². The van der Waals surface area contributed by atoms with Gasteiger partial charge >= 0.3 is 0 Å². The van der Waals surface area contributed by atoms with E-state index in [4.69, 9.17) is 4.74 Å². The highest BCUT2D eigenvalue weighted by Gasteiger charge is 2.51. The molecule has 0 unspecified atom stereocenters. The van der Waals surface area contributed by atoms with Crippen molar-refractivity contribution in [1.29, 1.82) is 0 Å². The average Bonchev–Trinajstić information content (AvgIpc) is 2.63. The quantitative estimate of drug-likeness (QED) is 0.873. The predicted octanol–water partition coefficient (Wildman–Crippen LogP) is 3.90.